The summed E-state index contributed by atoms with van der Waals surface area (Å²) in [6.07, 6.45) is 4.48. The normalized spacial score (nSPS) is 15.0. The van der Waals surface area contributed by atoms with Gasteiger partial charge in [0.1, 0.15) is 19.0 Å². The average molecular weight is 425 g/mol. The van der Waals surface area contributed by atoms with Crippen LogP contribution in [0.1, 0.15) is 18.9 Å². The van der Waals surface area contributed by atoms with Gasteiger partial charge in [-0.15, -0.1) is 0 Å². The molecular weight excluding hydrogens is 392 g/mol. The van der Waals surface area contributed by atoms with Gasteiger partial charge in [-0.3, -0.25) is 4.79 Å². The third-order valence-electron chi connectivity index (χ3n) is 5.07. The second-order valence-electron chi connectivity index (χ2n) is 7.46. The van der Waals surface area contributed by atoms with Gasteiger partial charge in [0.25, 0.3) is 0 Å². The van der Waals surface area contributed by atoms with E-state index in [2.05, 4.69) is 11.9 Å². The number of hydrogen-bond acceptors (Lipinski definition) is 5. The second kappa shape index (κ2) is 12.0. The molecule has 0 aliphatic carbocycles. The SMILES string of the molecule is CCOc1cc(/C=C/C(=O)N2CCCN(C)CC2)ccc1OCCOc1ccccc1. The Labute approximate surface area is 185 Å². The van der Waals surface area contributed by atoms with E-state index in [9.17, 15) is 4.79 Å². The monoisotopic (exact) mass is 424 g/mol. The molecule has 166 valence electrons. The average Bonchev–Trinajstić information content (AvgIpc) is 3.01. The molecule has 0 atom stereocenters. The van der Waals surface area contributed by atoms with Gasteiger partial charge in [0.05, 0.1) is 6.61 Å². The van der Waals surface area contributed by atoms with Crippen molar-refractivity contribution in [1.82, 2.24) is 9.80 Å². The van der Waals surface area contributed by atoms with Crippen molar-refractivity contribution in [2.45, 2.75) is 13.3 Å². The maximum Gasteiger partial charge on any atom is 0.246 e. The number of benzene rings is 2. The molecule has 0 saturated carbocycles. The van der Waals surface area contributed by atoms with Gasteiger partial charge in [-0.05, 0) is 62.8 Å². The van der Waals surface area contributed by atoms with Crippen LogP contribution in [-0.2, 0) is 4.79 Å². The summed E-state index contributed by atoms with van der Waals surface area (Å²) in [5.41, 5.74) is 0.900. The molecule has 2 aromatic rings. The molecule has 0 aromatic heterocycles. The summed E-state index contributed by atoms with van der Waals surface area (Å²) in [6, 6.07) is 15.4. The standard InChI is InChI=1S/C25H32N2O4/c1-3-29-24-20-21(11-13-25(28)27-15-7-14-26(2)16-17-27)10-12-23(24)31-19-18-30-22-8-5-4-6-9-22/h4-6,8-13,20H,3,7,14-19H2,1-2H3/b13-11+. The van der Waals surface area contributed by atoms with E-state index in [-0.39, 0.29) is 5.91 Å². The maximum absolute atomic E-state index is 12.6. The predicted molar refractivity (Wildman–Crippen MR) is 123 cm³/mol. The first-order chi connectivity index (χ1) is 15.2. The quantitative estimate of drug-likeness (QED) is 0.454. The number of amides is 1. The summed E-state index contributed by atoms with van der Waals surface area (Å²) in [5.74, 6) is 2.19. The molecule has 0 N–H and O–H groups in total. The van der Waals surface area contributed by atoms with Crippen LogP contribution in [0.15, 0.2) is 54.6 Å². The predicted octanol–water partition coefficient (Wildman–Crippen LogP) is 3.72. The first-order valence-electron chi connectivity index (χ1n) is 10.9. The lowest BCUT2D eigenvalue weighted by Crippen LogP contribution is -2.33. The van der Waals surface area contributed by atoms with Crippen LogP contribution < -0.4 is 14.2 Å². The van der Waals surface area contributed by atoms with Crippen LogP contribution in [0.5, 0.6) is 17.2 Å². The van der Waals surface area contributed by atoms with Crippen LogP contribution in [0.4, 0.5) is 0 Å². The highest BCUT2D eigenvalue weighted by Crippen LogP contribution is 2.29. The van der Waals surface area contributed by atoms with Gasteiger partial charge in [-0.2, -0.15) is 0 Å². The summed E-state index contributed by atoms with van der Waals surface area (Å²) < 4.78 is 17.3. The van der Waals surface area contributed by atoms with Crippen molar-refractivity contribution in [3.63, 3.8) is 0 Å². The number of carbonyl (C=O) groups excluding carboxylic acids is 1. The van der Waals surface area contributed by atoms with Gasteiger partial charge < -0.3 is 24.0 Å². The Hall–Kier alpha value is -2.99. The minimum absolute atomic E-state index is 0.0478. The molecule has 1 fully saturated rings. The lowest BCUT2D eigenvalue weighted by Gasteiger charge is -2.18. The highest BCUT2D eigenvalue weighted by molar-refractivity contribution is 5.91. The van der Waals surface area contributed by atoms with Gasteiger partial charge >= 0.3 is 0 Å². The molecule has 6 nitrogen and oxygen atoms in total. The number of likely N-dealkylation sites (N-methyl/N-ethyl adjacent to an activating group) is 1. The molecule has 3 rings (SSSR count). The summed E-state index contributed by atoms with van der Waals surface area (Å²) in [6.45, 7) is 6.83. The Morgan fingerprint density at radius 2 is 1.74 bits per heavy atom. The maximum atomic E-state index is 12.6. The third-order valence-corrected chi connectivity index (χ3v) is 5.07. The van der Waals surface area contributed by atoms with E-state index in [1.165, 1.54) is 0 Å². The molecule has 31 heavy (non-hydrogen) atoms. The fourth-order valence-corrected chi connectivity index (χ4v) is 3.38. The molecule has 0 unspecified atom stereocenters. The zero-order valence-corrected chi connectivity index (χ0v) is 18.5. The van der Waals surface area contributed by atoms with Crippen molar-refractivity contribution in [3.05, 3.63) is 60.2 Å². The molecule has 1 aliphatic rings. The number of rotatable bonds is 9. The third kappa shape index (κ3) is 7.33. The molecule has 1 amide bonds. The first-order valence-corrected chi connectivity index (χ1v) is 10.9. The topological polar surface area (TPSA) is 51.2 Å². The van der Waals surface area contributed by atoms with E-state index in [1.54, 1.807) is 6.08 Å². The number of hydrogen-bond donors (Lipinski definition) is 0. The van der Waals surface area contributed by atoms with Crippen LogP contribution in [0.25, 0.3) is 6.08 Å². The van der Waals surface area contributed by atoms with Crippen molar-refractivity contribution in [2.24, 2.45) is 0 Å². The summed E-state index contributed by atoms with van der Waals surface area (Å²) in [7, 11) is 2.09. The molecule has 1 aliphatic heterocycles. The summed E-state index contributed by atoms with van der Waals surface area (Å²) in [5, 5.41) is 0. The molecule has 1 heterocycles. The van der Waals surface area contributed by atoms with E-state index in [0.29, 0.717) is 31.3 Å². The molecule has 1 saturated heterocycles. The molecular formula is C25H32N2O4. The van der Waals surface area contributed by atoms with Gasteiger partial charge in [0, 0.05) is 25.7 Å². The zero-order chi connectivity index (χ0) is 21.9. The number of carbonyl (C=O) groups is 1. The van der Waals surface area contributed by atoms with E-state index in [1.807, 2.05) is 66.4 Å². The Morgan fingerprint density at radius 1 is 0.935 bits per heavy atom. The Balaban J connectivity index is 1.56. The minimum Gasteiger partial charge on any atom is -0.490 e. The highest BCUT2D eigenvalue weighted by atomic mass is 16.5. The van der Waals surface area contributed by atoms with Gasteiger partial charge in [0.15, 0.2) is 11.5 Å². The van der Waals surface area contributed by atoms with E-state index in [0.717, 1.165) is 43.9 Å². The molecule has 2 aromatic carbocycles. The molecule has 0 radical (unpaired) electrons. The molecule has 6 heteroatoms. The van der Waals surface area contributed by atoms with E-state index in [4.69, 9.17) is 14.2 Å². The minimum atomic E-state index is 0.0478. The van der Waals surface area contributed by atoms with E-state index >= 15 is 0 Å². The van der Waals surface area contributed by atoms with Gasteiger partial charge in [-0.1, -0.05) is 24.3 Å². The van der Waals surface area contributed by atoms with Crippen LogP contribution in [-0.4, -0.2) is 68.8 Å². The van der Waals surface area contributed by atoms with Crippen molar-refractivity contribution >= 4 is 12.0 Å². The molecule has 0 bridgehead atoms. The fourth-order valence-electron chi connectivity index (χ4n) is 3.38. The number of nitrogens with zero attached hydrogens (tertiary/aromatic N) is 2. The zero-order valence-electron chi connectivity index (χ0n) is 18.5. The van der Waals surface area contributed by atoms with Crippen LogP contribution >= 0.6 is 0 Å². The Kier molecular flexibility index (Phi) is 8.79. The molecule has 0 spiro atoms. The highest BCUT2D eigenvalue weighted by Gasteiger charge is 2.15. The van der Waals surface area contributed by atoms with Crippen molar-refractivity contribution in [3.8, 4) is 17.2 Å². The van der Waals surface area contributed by atoms with Crippen molar-refractivity contribution in [2.75, 3.05) is 53.0 Å². The van der Waals surface area contributed by atoms with E-state index < -0.39 is 0 Å². The lowest BCUT2D eigenvalue weighted by molar-refractivity contribution is -0.125. The Bertz CT molecular complexity index is 854. The largest absolute Gasteiger partial charge is 0.490 e. The Morgan fingerprint density at radius 3 is 2.55 bits per heavy atom. The van der Waals surface area contributed by atoms with Gasteiger partial charge in [-0.25, -0.2) is 0 Å². The van der Waals surface area contributed by atoms with Crippen molar-refractivity contribution in [1.29, 1.82) is 0 Å². The fraction of sp³-hybridized carbons (Fsp3) is 0.400. The van der Waals surface area contributed by atoms with Crippen LogP contribution in [0.2, 0.25) is 0 Å². The first kappa shape index (κ1) is 22.7. The smallest absolute Gasteiger partial charge is 0.246 e. The summed E-state index contributed by atoms with van der Waals surface area (Å²) >= 11 is 0. The lowest BCUT2D eigenvalue weighted by atomic mass is 10.2. The summed E-state index contributed by atoms with van der Waals surface area (Å²) in [4.78, 5) is 16.7. The van der Waals surface area contributed by atoms with Gasteiger partial charge in [0.2, 0.25) is 5.91 Å². The second-order valence-corrected chi connectivity index (χ2v) is 7.46. The number of ether oxygens (including phenoxy) is 3. The van der Waals surface area contributed by atoms with Crippen molar-refractivity contribution < 1.29 is 19.0 Å². The van der Waals surface area contributed by atoms with Crippen LogP contribution in [0, 0.1) is 0 Å². The van der Waals surface area contributed by atoms with Crippen LogP contribution in [0.3, 0.4) is 0 Å². The number of para-hydroxylation sites is 1.